The Balaban J connectivity index is 1.60. The molecular weight excluding hydrogens is 274 g/mol. The Kier molecular flexibility index (Phi) is 4.37. The molecule has 1 heterocycles. The zero-order chi connectivity index (χ0) is 15.4. The van der Waals surface area contributed by atoms with E-state index in [1.165, 1.54) is 11.1 Å². The molecule has 0 amide bonds. The summed E-state index contributed by atoms with van der Waals surface area (Å²) in [4.78, 5) is 19.1. The fraction of sp³-hybridized carbons (Fsp3) is 0.333. The van der Waals surface area contributed by atoms with E-state index < -0.39 is 0 Å². The number of aromatic amines is 1. The Labute approximate surface area is 130 Å². The molecule has 0 saturated heterocycles. The van der Waals surface area contributed by atoms with E-state index in [0.29, 0.717) is 6.42 Å². The van der Waals surface area contributed by atoms with Crippen LogP contribution in [0.1, 0.15) is 35.6 Å². The van der Waals surface area contributed by atoms with Crippen LogP contribution in [0.25, 0.3) is 0 Å². The van der Waals surface area contributed by atoms with Crippen molar-refractivity contribution in [2.75, 3.05) is 6.54 Å². The number of carbonyl (C=O) groups is 1. The van der Waals surface area contributed by atoms with E-state index in [4.69, 9.17) is 0 Å². The van der Waals surface area contributed by atoms with Gasteiger partial charge in [-0.25, -0.2) is 4.98 Å². The van der Waals surface area contributed by atoms with Gasteiger partial charge in [0.05, 0.1) is 6.33 Å². The number of aromatic nitrogens is 2. The molecule has 114 valence electrons. The first-order chi connectivity index (χ1) is 10.7. The molecule has 1 aliphatic carbocycles. The van der Waals surface area contributed by atoms with Gasteiger partial charge in [0.2, 0.25) is 0 Å². The van der Waals surface area contributed by atoms with Gasteiger partial charge in [-0.2, -0.15) is 0 Å². The number of imidazole rings is 1. The quantitative estimate of drug-likeness (QED) is 0.891. The van der Waals surface area contributed by atoms with Crippen LogP contribution in [0, 0.1) is 6.92 Å². The lowest BCUT2D eigenvalue weighted by Gasteiger charge is -2.23. The maximum absolute atomic E-state index is 12.0. The molecule has 0 unspecified atom stereocenters. The van der Waals surface area contributed by atoms with Crippen LogP contribution >= 0.6 is 0 Å². The number of nitrogens with one attached hydrogen (secondary N) is 2. The van der Waals surface area contributed by atoms with Crippen LogP contribution in [0.4, 0.5) is 0 Å². The van der Waals surface area contributed by atoms with E-state index in [0.717, 1.165) is 30.8 Å². The van der Waals surface area contributed by atoms with Crippen LogP contribution in [0.15, 0.2) is 48.6 Å². The second-order valence-electron chi connectivity index (χ2n) is 5.91. The summed E-state index contributed by atoms with van der Waals surface area (Å²) < 4.78 is 0. The molecule has 0 fully saturated rings. The van der Waals surface area contributed by atoms with Crippen LogP contribution in [0.5, 0.6) is 0 Å². The van der Waals surface area contributed by atoms with E-state index in [1.807, 2.05) is 6.20 Å². The van der Waals surface area contributed by atoms with Gasteiger partial charge >= 0.3 is 0 Å². The number of nitrogens with zero attached hydrogens (tertiary/aromatic N) is 1. The van der Waals surface area contributed by atoms with Crippen molar-refractivity contribution in [3.8, 4) is 0 Å². The highest BCUT2D eigenvalue weighted by atomic mass is 16.1. The van der Waals surface area contributed by atoms with E-state index >= 15 is 0 Å². The molecule has 2 aromatic rings. The Hall–Kier alpha value is -2.36. The molecule has 0 spiro atoms. The van der Waals surface area contributed by atoms with E-state index in [-0.39, 0.29) is 11.7 Å². The number of hydrogen-bond acceptors (Lipinski definition) is 3. The number of allylic oxidation sites excluding steroid dienone is 2. The van der Waals surface area contributed by atoms with Gasteiger partial charge in [0, 0.05) is 43.1 Å². The van der Waals surface area contributed by atoms with Crippen molar-refractivity contribution in [1.82, 2.24) is 15.3 Å². The lowest BCUT2D eigenvalue weighted by atomic mass is 9.85. The highest BCUT2D eigenvalue weighted by Crippen LogP contribution is 2.30. The standard InChI is InChI=1S/C18H21N3O/c1-13-2-4-14(5-3-13)15-8-17(10-18(22)9-15)20-7-6-16-11-19-12-21-16/h2-5,10-12,15,20H,6-9H2,1H3,(H,19,21)/t15-/m0/s1. The van der Waals surface area contributed by atoms with Crippen molar-refractivity contribution in [3.05, 3.63) is 65.4 Å². The SMILES string of the molecule is Cc1ccc([C@@H]2CC(=O)C=C(NCCc3cnc[nH]3)C2)cc1. The molecule has 1 aromatic carbocycles. The van der Waals surface area contributed by atoms with Gasteiger partial charge in [-0.1, -0.05) is 29.8 Å². The molecule has 3 rings (SSSR count). The van der Waals surface area contributed by atoms with Crippen molar-refractivity contribution in [1.29, 1.82) is 0 Å². The average Bonchev–Trinajstić information content (AvgIpc) is 3.01. The second kappa shape index (κ2) is 6.60. The first-order valence-corrected chi connectivity index (χ1v) is 7.72. The molecule has 22 heavy (non-hydrogen) atoms. The first kappa shape index (κ1) is 14.6. The lowest BCUT2D eigenvalue weighted by Crippen LogP contribution is -2.23. The summed E-state index contributed by atoms with van der Waals surface area (Å²) in [5.74, 6) is 0.494. The third kappa shape index (κ3) is 3.64. The molecule has 4 nitrogen and oxygen atoms in total. The molecule has 1 aliphatic rings. The molecule has 0 saturated carbocycles. The number of aryl methyl sites for hydroxylation is 1. The monoisotopic (exact) mass is 295 g/mol. The number of carbonyl (C=O) groups excluding carboxylic acids is 1. The predicted molar refractivity (Wildman–Crippen MR) is 86.5 cm³/mol. The molecule has 4 heteroatoms. The average molecular weight is 295 g/mol. The van der Waals surface area contributed by atoms with Crippen LogP contribution in [0.3, 0.4) is 0 Å². The Morgan fingerprint density at radius 2 is 2.09 bits per heavy atom. The third-order valence-electron chi connectivity index (χ3n) is 4.10. The third-order valence-corrected chi connectivity index (χ3v) is 4.10. The summed E-state index contributed by atoms with van der Waals surface area (Å²) in [6.07, 6.45) is 7.66. The highest BCUT2D eigenvalue weighted by molar-refractivity contribution is 5.91. The number of hydrogen-bond donors (Lipinski definition) is 2. The molecular formula is C18H21N3O. The zero-order valence-electron chi connectivity index (χ0n) is 12.8. The summed E-state index contributed by atoms with van der Waals surface area (Å²) in [6, 6.07) is 8.51. The summed E-state index contributed by atoms with van der Waals surface area (Å²) in [5, 5.41) is 3.39. The van der Waals surface area contributed by atoms with E-state index in [9.17, 15) is 4.79 Å². The maximum atomic E-state index is 12.0. The van der Waals surface area contributed by atoms with Crippen molar-refractivity contribution >= 4 is 5.78 Å². The van der Waals surface area contributed by atoms with Crippen LogP contribution in [0.2, 0.25) is 0 Å². The lowest BCUT2D eigenvalue weighted by molar-refractivity contribution is -0.115. The fourth-order valence-corrected chi connectivity index (χ4v) is 2.87. The van der Waals surface area contributed by atoms with Crippen molar-refractivity contribution in [3.63, 3.8) is 0 Å². The van der Waals surface area contributed by atoms with Gasteiger partial charge in [0.1, 0.15) is 0 Å². The number of benzene rings is 1. The van der Waals surface area contributed by atoms with Crippen LogP contribution < -0.4 is 5.32 Å². The fourth-order valence-electron chi connectivity index (χ4n) is 2.87. The molecule has 0 aliphatic heterocycles. The van der Waals surface area contributed by atoms with Crippen molar-refractivity contribution in [2.24, 2.45) is 0 Å². The summed E-state index contributed by atoms with van der Waals surface area (Å²) in [7, 11) is 0. The van der Waals surface area contributed by atoms with Crippen molar-refractivity contribution < 1.29 is 4.79 Å². The first-order valence-electron chi connectivity index (χ1n) is 7.72. The Morgan fingerprint density at radius 3 is 2.82 bits per heavy atom. The molecule has 2 N–H and O–H groups in total. The van der Waals surface area contributed by atoms with Crippen molar-refractivity contribution in [2.45, 2.75) is 32.1 Å². The van der Waals surface area contributed by atoms with Crippen LogP contribution in [-0.2, 0) is 11.2 Å². The molecule has 0 bridgehead atoms. The minimum Gasteiger partial charge on any atom is -0.388 e. The maximum Gasteiger partial charge on any atom is 0.158 e. The Morgan fingerprint density at radius 1 is 1.27 bits per heavy atom. The largest absolute Gasteiger partial charge is 0.388 e. The van der Waals surface area contributed by atoms with Gasteiger partial charge < -0.3 is 10.3 Å². The Bertz CT molecular complexity index is 656. The van der Waals surface area contributed by atoms with E-state index in [1.54, 1.807) is 12.4 Å². The number of ketones is 1. The number of rotatable bonds is 5. The zero-order valence-corrected chi connectivity index (χ0v) is 12.8. The highest BCUT2D eigenvalue weighted by Gasteiger charge is 2.21. The minimum absolute atomic E-state index is 0.209. The molecule has 0 radical (unpaired) electrons. The topological polar surface area (TPSA) is 57.8 Å². The van der Waals surface area contributed by atoms with Crippen LogP contribution in [-0.4, -0.2) is 22.3 Å². The van der Waals surface area contributed by atoms with E-state index in [2.05, 4.69) is 46.5 Å². The smallest absolute Gasteiger partial charge is 0.158 e. The molecule has 1 atom stereocenters. The van der Waals surface area contributed by atoms with Gasteiger partial charge in [-0.3, -0.25) is 4.79 Å². The van der Waals surface area contributed by atoms with Gasteiger partial charge in [0.15, 0.2) is 5.78 Å². The summed E-state index contributed by atoms with van der Waals surface area (Å²) in [5.41, 5.74) is 4.64. The van der Waals surface area contributed by atoms with Gasteiger partial charge in [0.25, 0.3) is 0 Å². The molecule has 1 aromatic heterocycles. The number of H-pyrrole nitrogens is 1. The summed E-state index contributed by atoms with van der Waals surface area (Å²) in [6.45, 7) is 2.89. The second-order valence-corrected chi connectivity index (χ2v) is 5.91. The normalized spacial score (nSPS) is 18.1. The van der Waals surface area contributed by atoms with Gasteiger partial charge in [-0.15, -0.1) is 0 Å². The summed E-state index contributed by atoms with van der Waals surface area (Å²) >= 11 is 0. The van der Waals surface area contributed by atoms with Gasteiger partial charge in [-0.05, 0) is 24.8 Å². The predicted octanol–water partition coefficient (Wildman–Crippen LogP) is 2.88. The minimum atomic E-state index is 0.209.